The van der Waals surface area contributed by atoms with E-state index in [4.69, 9.17) is 9.63 Å². The summed E-state index contributed by atoms with van der Waals surface area (Å²) < 4.78 is 5.35. The van der Waals surface area contributed by atoms with Gasteiger partial charge in [0.2, 0.25) is 0 Å². The van der Waals surface area contributed by atoms with Crippen molar-refractivity contribution in [1.82, 2.24) is 10.1 Å². The van der Waals surface area contributed by atoms with Crippen LogP contribution in [0.5, 0.6) is 0 Å². The molecule has 1 atom stereocenters. The van der Waals surface area contributed by atoms with Crippen LogP contribution >= 0.6 is 0 Å². The molecule has 1 N–H and O–H groups in total. The third kappa shape index (κ3) is 3.52. The Kier molecular flexibility index (Phi) is 4.32. The molecule has 122 valence electrons. The van der Waals surface area contributed by atoms with E-state index in [-0.39, 0.29) is 5.92 Å². The molecule has 2 aromatic rings. The molecule has 0 bridgehead atoms. The molecule has 1 fully saturated rings. The summed E-state index contributed by atoms with van der Waals surface area (Å²) in [5.74, 6) is 0.572. The zero-order valence-corrected chi connectivity index (χ0v) is 13.4. The molecule has 0 aliphatic carbocycles. The number of nitrogens with zero attached hydrogens (tertiary/aromatic N) is 3. The minimum Gasteiger partial charge on any atom is -0.478 e. The Morgan fingerprint density at radius 2 is 2.30 bits per heavy atom. The Balaban J connectivity index is 1.63. The molecule has 0 spiro atoms. The second-order valence-electron chi connectivity index (χ2n) is 6.40. The van der Waals surface area contributed by atoms with Crippen molar-refractivity contribution < 1.29 is 14.4 Å². The molecule has 6 nitrogen and oxygen atoms in total. The van der Waals surface area contributed by atoms with Gasteiger partial charge in [-0.05, 0) is 36.5 Å². The van der Waals surface area contributed by atoms with Gasteiger partial charge in [0.1, 0.15) is 0 Å². The van der Waals surface area contributed by atoms with Gasteiger partial charge in [0.05, 0.1) is 5.56 Å². The van der Waals surface area contributed by atoms with Crippen LogP contribution in [0.25, 0.3) is 0 Å². The lowest BCUT2D eigenvalue weighted by atomic mass is 9.97. The third-order valence-corrected chi connectivity index (χ3v) is 4.20. The van der Waals surface area contributed by atoms with Crippen LogP contribution in [0.1, 0.15) is 47.9 Å². The SMILES string of the molecule is CC(C)c1noc(N2CCC(Cc3cccc(C(=O)O)c3)C2)n1. The van der Waals surface area contributed by atoms with Gasteiger partial charge < -0.3 is 14.5 Å². The van der Waals surface area contributed by atoms with Crippen LogP contribution in [0.15, 0.2) is 28.8 Å². The van der Waals surface area contributed by atoms with Gasteiger partial charge in [0.15, 0.2) is 5.82 Å². The summed E-state index contributed by atoms with van der Waals surface area (Å²) in [7, 11) is 0. The summed E-state index contributed by atoms with van der Waals surface area (Å²) >= 11 is 0. The summed E-state index contributed by atoms with van der Waals surface area (Å²) in [6, 6.07) is 7.76. The average Bonchev–Trinajstić information content (AvgIpc) is 3.16. The van der Waals surface area contributed by atoms with Crippen molar-refractivity contribution in [2.24, 2.45) is 5.92 Å². The van der Waals surface area contributed by atoms with E-state index in [1.54, 1.807) is 18.2 Å². The number of carboxylic acids is 1. The van der Waals surface area contributed by atoms with Crippen LogP contribution in [-0.2, 0) is 6.42 Å². The van der Waals surface area contributed by atoms with Gasteiger partial charge in [-0.25, -0.2) is 4.79 Å². The average molecular weight is 315 g/mol. The maximum absolute atomic E-state index is 11.0. The van der Waals surface area contributed by atoms with Gasteiger partial charge in [-0.2, -0.15) is 4.98 Å². The van der Waals surface area contributed by atoms with E-state index in [1.807, 2.05) is 19.9 Å². The number of hydrogen-bond acceptors (Lipinski definition) is 5. The predicted octanol–water partition coefficient (Wildman–Crippen LogP) is 2.96. The molecule has 23 heavy (non-hydrogen) atoms. The Morgan fingerprint density at radius 3 is 3.00 bits per heavy atom. The van der Waals surface area contributed by atoms with E-state index in [9.17, 15) is 4.79 Å². The number of benzene rings is 1. The lowest BCUT2D eigenvalue weighted by Crippen LogP contribution is -2.20. The fourth-order valence-electron chi connectivity index (χ4n) is 2.93. The topological polar surface area (TPSA) is 79.5 Å². The van der Waals surface area contributed by atoms with Crippen LogP contribution in [-0.4, -0.2) is 34.3 Å². The quantitative estimate of drug-likeness (QED) is 0.914. The van der Waals surface area contributed by atoms with Crippen LogP contribution in [0.4, 0.5) is 6.01 Å². The number of aromatic carboxylic acids is 1. The van der Waals surface area contributed by atoms with Gasteiger partial charge in [-0.1, -0.05) is 31.1 Å². The largest absolute Gasteiger partial charge is 0.478 e. The fraction of sp³-hybridized carbons (Fsp3) is 0.471. The van der Waals surface area contributed by atoms with Gasteiger partial charge in [-0.3, -0.25) is 0 Å². The summed E-state index contributed by atoms with van der Waals surface area (Å²) in [5, 5.41) is 13.1. The highest BCUT2D eigenvalue weighted by atomic mass is 16.5. The highest BCUT2D eigenvalue weighted by Gasteiger charge is 2.27. The number of rotatable bonds is 5. The molecule has 0 saturated carbocycles. The molecule has 0 radical (unpaired) electrons. The lowest BCUT2D eigenvalue weighted by Gasteiger charge is -2.13. The molecule has 1 aliphatic rings. The van der Waals surface area contributed by atoms with Crippen molar-refractivity contribution in [2.75, 3.05) is 18.0 Å². The van der Waals surface area contributed by atoms with Crippen LogP contribution in [0.2, 0.25) is 0 Å². The van der Waals surface area contributed by atoms with Gasteiger partial charge in [0.25, 0.3) is 0 Å². The molecule has 6 heteroatoms. The van der Waals surface area contributed by atoms with Crippen LogP contribution in [0, 0.1) is 5.92 Å². The van der Waals surface area contributed by atoms with Crippen molar-refractivity contribution in [1.29, 1.82) is 0 Å². The second-order valence-corrected chi connectivity index (χ2v) is 6.40. The van der Waals surface area contributed by atoms with Gasteiger partial charge in [-0.15, -0.1) is 0 Å². The van der Waals surface area contributed by atoms with E-state index in [2.05, 4.69) is 15.0 Å². The minimum atomic E-state index is -0.882. The standard InChI is InChI=1S/C17H21N3O3/c1-11(2)15-18-17(23-19-15)20-7-6-13(10-20)8-12-4-3-5-14(9-12)16(21)22/h3-5,9,11,13H,6-8,10H2,1-2H3,(H,21,22). The van der Waals surface area contributed by atoms with Crippen molar-refractivity contribution >= 4 is 12.0 Å². The maximum atomic E-state index is 11.0. The second kappa shape index (κ2) is 6.40. The normalized spacial score (nSPS) is 17.9. The molecule has 3 rings (SSSR count). The number of aromatic nitrogens is 2. The monoisotopic (exact) mass is 315 g/mol. The zero-order chi connectivity index (χ0) is 16.4. The molecule has 1 aliphatic heterocycles. The van der Waals surface area contributed by atoms with Gasteiger partial charge >= 0.3 is 12.0 Å². The van der Waals surface area contributed by atoms with E-state index in [0.717, 1.165) is 37.3 Å². The Labute approximate surface area is 135 Å². The molecule has 1 aromatic heterocycles. The van der Waals surface area contributed by atoms with Gasteiger partial charge in [0, 0.05) is 19.0 Å². The Bertz CT molecular complexity index is 696. The molecular formula is C17H21N3O3. The minimum absolute atomic E-state index is 0.254. The van der Waals surface area contributed by atoms with Crippen molar-refractivity contribution in [2.45, 2.75) is 32.6 Å². The van der Waals surface area contributed by atoms with Crippen molar-refractivity contribution in [3.63, 3.8) is 0 Å². The highest BCUT2D eigenvalue weighted by Crippen LogP contribution is 2.26. The number of hydrogen-bond donors (Lipinski definition) is 1. The first-order valence-corrected chi connectivity index (χ1v) is 7.93. The molecule has 1 aromatic carbocycles. The van der Waals surface area contributed by atoms with E-state index in [0.29, 0.717) is 17.5 Å². The Hall–Kier alpha value is -2.37. The maximum Gasteiger partial charge on any atom is 0.335 e. The van der Waals surface area contributed by atoms with Crippen molar-refractivity contribution in [3.05, 3.63) is 41.2 Å². The number of carbonyl (C=O) groups is 1. The van der Waals surface area contributed by atoms with E-state index in [1.165, 1.54) is 0 Å². The summed E-state index contributed by atoms with van der Waals surface area (Å²) in [4.78, 5) is 17.6. The number of anilines is 1. The first-order chi connectivity index (χ1) is 11.0. The first-order valence-electron chi connectivity index (χ1n) is 7.93. The zero-order valence-electron chi connectivity index (χ0n) is 13.4. The molecule has 1 unspecified atom stereocenters. The summed E-state index contributed by atoms with van der Waals surface area (Å²) in [5.41, 5.74) is 1.40. The molecule has 1 saturated heterocycles. The van der Waals surface area contributed by atoms with Crippen molar-refractivity contribution in [3.8, 4) is 0 Å². The Morgan fingerprint density at radius 1 is 1.48 bits per heavy atom. The fourth-order valence-corrected chi connectivity index (χ4v) is 2.93. The first kappa shape index (κ1) is 15.5. The predicted molar refractivity (Wildman–Crippen MR) is 85.8 cm³/mol. The summed E-state index contributed by atoms with van der Waals surface area (Å²) in [6.45, 7) is 5.83. The molecule has 2 heterocycles. The van der Waals surface area contributed by atoms with Crippen LogP contribution in [0.3, 0.4) is 0 Å². The molecular weight excluding hydrogens is 294 g/mol. The summed E-state index contributed by atoms with van der Waals surface area (Å²) in [6.07, 6.45) is 1.90. The number of carboxylic acid groups (broad SMARTS) is 1. The third-order valence-electron chi connectivity index (χ3n) is 4.20. The smallest absolute Gasteiger partial charge is 0.335 e. The van der Waals surface area contributed by atoms with E-state index < -0.39 is 5.97 Å². The van der Waals surface area contributed by atoms with Crippen LogP contribution < -0.4 is 4.90 Å². The van der Waals surface area contributed by atoms with E-state index >= 15 is 0 Å². The highest BCUT2D eigenvalue weighted by molar-refractivity contribution is 5.87. The molecule has 0 amide bonds. The lowest BCUT2D eigenvalue weighted by molar-refractivity contribution is 0.0696.